The fourth-order valence-corrected chi connectivity index (χ4v) is 9.78. The maximum Gasteiger partial charge on any atom is 0.0503 e. The number of hydrogen-bond donors (Lipinski definition) is 0. The number of aromatic nitrogens is 6. The van der Waals surface area contributed by atoms with Crippen LogP contribution in [-0.4, -0.2) is 20.2 Å². The summed E-state index contributed by atoms with van der Waals surface area (Å²) in [5, 5.41) is 23.1. The zero-order valence-electron chi connectivity index (χ0n) is 28.9. The van der Waals surface area contributed by atoms with Gasteiger partial charge in [0.1, 0.15) is 0 Å². The predicted octanol–water partition coefficient (Wildman–Crippen LogP) is 9.31. The molecule has 48 heavy (non-hydrogen) atoms. The van der Waals surface area contributed by atoms with Crippen LogP contribution < -0.4 is 10.2 Å². The molecule has 6 nitrogen and oxygen atoms in total. The summed E-state index contributed by atoms with van der Waals surface area (Å²) >= 11 is 0. The molecule has 0 saturated heterocycles. The molecule has 4 heterocycles. The van der Waals surface area contributed by atoms with Gasteiger partial charge in [-0.25, -0.2) is 0 Å². The van der Waals surface area contributed by atoms with Crippen molar-refractivity contribution in [2.75, 3.05) is 0 Å². The van der Waals surface area contributed by atoms with Gasteiger partial charge in [-0.3, -0.25) is 9.97 Å². The number of benzene rings is 2. The van der Waals surface area contributed by atoms with Crippen LogP contribution >= 0.6 is 0 Å². The molecule has 2 saturated carbocycles. The molecule has 4 bridgehead atoms. The van der Waals surface area contributed by atoms with Crippen molar-refractivity contribution in [1.29, 1.82) is 0 Å². The van der Waals surface area contributed by atoms with Gasteiger partial charge < -0.3 is 27.8 Å². The van der Waals surface area contributed by atoms with E-state index in [1.165, 1.54) is 69.7 Å². The first kappa shape index (κ1) is 32.9. The van der Waals surface area contributed by atoms with E-state index in [1.54, 1.807) is 0 Å². The minimum Gasteiger partial charge on any atom is -0.573 e. The molecule has 0 amide bonds. The van der Waals surface area contributed by atoms with Gasteiger partial charge in [-0.15, -0.1) is 0 Å². The molecule has 7 heteroatoms. The molecular formula is C41H43N6Pt-3. The molecule has 4 aromatic heterocycles. The molecule has 250 valence electrons. The summed E-state index contributed by atoms with van der Waals surface area (Å²) in [5.41, 5.74) is 9.97. The molecule has 4 atom stereocenters. The summed E-state index contributed by atoms with van der Waals surface area (Å²) in [7, 11) is 0. The molecule has 6 aromatic rings. The first-order chi connectivity index (χ1) is 22.0. The second-order valence-corrected chi connectivity index (χ2v) is 15.7. The van der Waals surface area contributed by atoms with E-state index in [4.69, 9.17) is 0 Å². The first-order valence-electron chi connectivity index (χ1n) is 16.8. The molecule has 2 fully saturated rings. The molecular weight excluding hydrogens is 772 g/mol. The van der Waals surface area contributed by atoms with Crippen molar-refractivity contribution in [3.05, 3.63) is 103 Å². The molecule has 4 unspecified atom stereocenters. The van der Waals surface area contributed by atoms with E-state index in [-0.39, 0.29) is 50.2 Å². The Balaban J connectivity index is 0.000000146. The Labute approximate surface area is 298 Å². The van der Waals surface area contributed by atoms with Gasteiger partial charge in [0, 0.05) is 66.4 Å². The van der Waals surface area contributed by atoms with Crippen LogP contribution in [0.3, 0.4) is 0 Å². The van der Waals surface area contributed by atoms with Gasteiger partial charge in [0.25, 0.3) is 0 Å². The van der Waals surface area contributed by atoms with Crippen LogP contribution in [0.5, 0.6) is 0 Å². The van der Waals surface area contributed by atoms with E-state index < -0.39 is 0 Å². The van der Waals surface area contributed by atoms with Crippen LogP contribution in [0.25, 0.3) is 44.3 Å². The molecule has 0 aliphatic heterocycles. The zero-order valence-corrected chi connectivity index (χ0v) is 31.2. The maximum absolute atomic E-state index is 4.68. The van der Waals surface area contributed by atoms with E-state index in [2.05, 4.69) is 120 Å². The van der Waals surface area contributed by atoms with Gasteiger partial charge >= 0.3 is 0 Å². The number of pyridine rings is 2. The second-order valence-electron chi connectivity index (χ2n) is 15.7. The standard InChI is InChI=1S/2C20H20N3.CH3.Pt/c2*1-19(2)14-8-9-20(19,3)18-16(14)17(22-23-18)15-10-12-6-4-5-7-13(12)11-21-15;;/h2*4-7,10-11,14H,8-9H2,1-3H3;1H3;/q3*-1;. The molecule has 4 aliphatic rings. The van der Waals surface area contributed by atoms with Gasteiger partial charge in [-0.05, 0) is 82.4 Å². The number of hydrogen-bond acceptors (Lipinski definition) is 4. The predicted molar refractivity (Wildman–Crippen MR) is 189 cm³/mol. The van der Waals surface area contributed by atoms with Gasteiger partial charge in [-0.1, -0.05) is 101 Å². The minimum atomic E-state index is 0. The summed E-state index contributed by atoms with van der Waals surface area (Å²) in [5.74, 6) is 1.11. The van der Waals surface area contributed by atoms with Gasteiger partial charge in [0.2, 0.25) is 0 Å². The topological polar surface area (TPSA) is 79.8 Å². The van der Waals surface area contributed by atoms with E-state index >= 15 is 0 Å². The number of rotatable bonds is 2. The van der Waals surface area contributed by atoms with Crippen LogP contribution in [0.15, 0.2) is 73.1 Å². The number of fused-ring (bicyclic) bond motifs is 12. The Morgan fingerprint density at radius 1 is 0.583 bits per heavy atom. The summed E-state index contributed by atoms with van der Waals surface area (Å²) in [6.07, 6.45) is 8.83. The monoisotopic (exact) mass is 814 g/mol. The smallest absolute Gasteiger partial charge is 0.0503 e. The largest absolute Gasteiger partial charge is 0.573 e. The fraction of sp³-hybridized carbons (Fsp3) is 0.390. The third kappa shape index (κ3) is 4.14. The Morgan fingerprint density at radius 3 is 1.35 bits per heavy atom. The molecule has 0 spiro atoms. The van der Waals surface area contributed by atoms with Crippen LogP contribution in [-0.2, 0) is 31.9 Å². The maximum atomic E-state index is 4.68. The summed E-state index contributed by atoms with van der Waals surface area (Å²) < 4.78 is 0. The van der Waals surface area contributed by atoms with Crippen LogP contribution in [0.2, 0.25) is 0 Å². The average Bonchev–Trinajstić information content (AvgIpc) is 3.85. The van der Waals surface area contributed by atoms with Crippen molar-refractivity contribution in [3.63, 3.8) is 0 Å². The van der Waals surface area contributed by atoms with Crippen molar-refractivity contribution in [3.8, 4) is 22.8 Å². The normalized spacial score (nSPS) is 26.4. The van der Waals surface area contributed by atoms with Crippen molar-refractivity contribution >= 4 is 21.5 Å². The second kappa shape index (κ2) is 10.9. The zero-order chi connectivity index (χ0) is 31.6. The SMILES string of the molecule is CC12CCC(c3c1n[n-]c3-c1cc3ccccc3cn1)C2(C)C.CC12CCC(c3c1n[n-]c3-c1cc3ccccc3cn1)C2(C)C.[CH3-].[Pt]. The van der Waals surface area contributed by atoms with Gasteiger partial charge in [-0.2, -0.15) is 0 Å². The summed E-state index contributed by atoms with van der Waals surface area (Å²) in [6, 6.07) is 21.0. The number of nitrogens with zero attached hydrogens (tertiary/aromatic N) is 6. The average molecular weight is 815 g/mol. The molecule has 2 aromatic carbocycles. The summed E-state index contributed by atoms with van der Waals surface area (Å²) in [6.45, 7) is 14.3. The molecule has 4 aliphatic carbocycles. The van der Waals surface area contributed by atoms with E-state index in [9.17, 15) is 0 Å². The fourth-order valence-electron chi connectivity index (χ4n) is 9.78. The summed E-state index contributed by atoms with van der Waals surface area (Å²) in [4.78, 5) is 9.36. The minimum absolute atomic E-state index is 0. The van der Waals surface area contributed by atoms with Crippen molar-refractivity contribution < 1.29 is 21.1 Å². The molecule has 0 radical (unpaired) electrons. The van der Waals surface area contributed by atoms with Crippen LogP contribution in [0, 0.1) is 18.3 Å². The Bertz CT molecular complexity index is 2040. The van der Waals surface area contributed by atoms with Gasteiger partial charge in [0.15, 0.2) is 0 Å². The third-order valence-corrected chi connectivity index (χ3v) is 13.5. The van der Waals surface area contributed by atoms with E-state index in [0.29, 0.717) is 11.8 Å². The Morgan fingerprint density at radius 2 is 0.958 bits per heavy atom. The van der Waals surface area contributed by atoms with E-state index in [1.807, 2.05) is 24.5 Å². The third-order valence-electron chi connectivity index (χ3n) is 13.5. The van der Waals surface area contributed by atoms with Crippen LogP contribution in [0.4, 0.5) is 0 Å². The first-order valence-corrected chi connectivity index (χ1v) is 16.8. The Kier molecular flexibility index (Phi) is 7.49. The van der Waals surface area contributed by atoms with Crippen molar-refractivity contribution in [1.82, 2.24) is 30.4 Å². The Hall–Kier alpha value is -3.63. The van der Waals surface area contributed by atoms with Crippen molar-refractivity contribution in [2.45, 2.75) is 89.9 Å². The van der Waals surface area contributed by atoms with Gasteiger partial charge in [0.05, 0.1) is 11.4 Å². The molecule has 0 N–H and O–H groups in total. The van der Waals surface area contributed by atoms with Crippen molar-refractivity contribution in [2.24, 2.45) is 10.8 Å². The van der Waals surface area contributed by atoms with Crippen LogP contribution in [0.1, 0.15) is 102 Å². The quantitative estimate of drug-likeness (QED) is 0.162. The van der Waals surface area contributed by atoms with E-state index in [0.717, 1.165) is 22.8 Å². The molecule has 10 rings (SSSR count).